The van der Waals surface area contributed by atoms with Crippen LogP contribution in [-0.4, -0.2) is 47.4 Å². The molecule has 10 heteroatoms. The number of benzene rings is 2. The highest BCUT2D eigenvalue weighted by Gasteiger charge is 2.28. The Balaban J connectivity index is 2.16. The fraction of sp³-hybridized carbons (Fsp3) is 0.429. The molecule has 206 valence electrons. The Kier molecular flexibility index (Phi) is 11.6. The van der Waals surface area contributed by atoms with Gasteiger partial charge in [-0.15, -0.1) is 0 Å². The van der Waals surface area contributed by atoms with Gasteiger partial charge in [0.1, 0.15) is 17.8 Å². The molecule has 9 N–H and O–H groups in total. The Morgan fingerprint density at radius 3 is 1.92 bits per heavy atom. The van der Waals surface area contributed by atoms with Gasteiger partial charge < -0.3 is 32.9 Å². The third kappa shape index (κ3) is 10.1. The molecule has 10 nitrogen and oxygen atoms in total. The van der Waals surface area contributed by atoms with E-state index in [0.29, 0.717) is 12.3 Å². The number of nitrogens with one attached hydrogen (secondary N) is 2. The largest absolute Gasteiger partial charge is 0.508 e. The topological polar surface area (TPSA) is 186 Å². The highest BCUT2D eigenvalue weighted by atomic mass is 16.3. The van der Waals surface area contributed by atoms with Gasteiger partial charge in [0.05, 0.1) is 5.92 Å². The van der Waals surface area contributed by atoms with Gasteiger partial charge in [0.15, 0.2) is 5.96 Å². The summed E-state index contributed by atoms with van der Waals surface area (Å²) in [5, 5.41) is 15.1. The van der Waals surface area contributed by atoms with Crippen molar-refractivity contribution in [2.75, 3.05) is 6.54 Å². The van der Waals surface area contributed by atoms with E-state index in [1.807, 2.05) is 24.3 Å². The molecule has 2 rings (SSSR count). The molecule has 0 aliphatic heterocycles. The van der Waals surface area contributed by atoms with Crippen molar-refractivity contribution >= 4 is 23.7 Å². The average molecular weight is 525 g/mol. The zero-order chi connectivity index (χ0) is 28.2. The molecule has 38 heavy (non-hydrogen) atoms. The molecule has 0 aliphatic carbocycles. The first kappa shape index (κ1) is 30.1. The van der Waals surface area contributed by atoms with Gasteiger partial charge in [-0.2, -0.15) is 0 Å². The number of amides is 3. The fourth-order valence-electron chi connectivity index (χ4n) is 4.00. The summed E-state index contributed by atoms with van der Waals surface area (Å²) in [5.74, 6) is -1.54. The molecule has 3 atom stereocenters. The zero-order valence-corrected chi connectivity index (χ0v) is 22.3. The Morgan fingerprint density at radius 1 is 0.816 bits per heavy atom. The molecule has 1 unspecified atom stereocenters. The van der Waals surface area contributed by atoms with E-state index in [1.165, 1.54) is 17.7 Å². The number of phenolic OH excluding ortho intramolecular Hbond substituents is 1. The number of hydrogen-bond acceptors (Lipinski definition) is 5. The minimum atomic E-state index is -0.978. The van der Waals surface area contributed by atoms with Crippen LogP contribution >= 0.6 is 0 Å². The lowest BCUT2D eigenvalue weighted by Crippen LogP contribution is -2.54. The fourth-order valence-corrected chi connectivity index (χ4v) is 4.00. The molecule has 0 heterocycles. The van der Waals surface area contributed by atoms with Crippen LogP contribution in [0.25, 0.3) is 0 Å². The van der Waals surface area contributed by atoms with Crippen LogP contribution < -0.4 is 27.8 Å². The van der Waals surface area contributed by atoms with Crippen LogP contribution in [0.4, 0.5) is 0 Å². The molecule has 2 aromatic rings. The second-order valence-electron chi connectivity index (χ2n) is 9.91. The maximum Gasteiger partial charge on any atom is 0.243 e. The lowest BCUT2D eigenvalue weighted by Gasteiger charge is -2.24. The van der Waals surface area contributed by atoms with Crippen molar-refractivity contribution in [2.24, 2.45) is 28.1 Å². The number of nitrogens with zero attached hydrogens (tertiary/aromatic N) is 1. The number of phenols is 1. The van der Waals surface area contributed by atoms with Crippen LogP contribution in [0.5, 0.6) is 5.75 Å². The smallest absolute Gasteiger partial charge is 0.243 e. The van der Waals surface area contributed by atoms with Gasteiger partial charge in [-0.25, -0.2) is 0 Å². The Hall–Kier alpha value is -4.08. The van der Waals surface area contributed by atoms with Gasteiger partial charge in [0.25, 0.3) is 0 Å². The summed E-state index contributed by atoms with van der Waals surface area (Å²) in [5.41, 5.74) is 18.9. The van der Waals surface area contributed by atoms with Crippen LogP contribution in [0.2, 0.25) is 0 Å². The number of carbonyl (C=O) groups excluding carboxylic acids is 3. The van der Waals surface area contributed by atoms with Crippen LogP contribution in [0.3, 0.4) is 0 Å². The van der Waals surface area contributed by atoms with Gasteiger partial charge in [0.2, 0.25) is 17.7 Å². The summed E-state index contributed by atoms with van der Waals surface area (Å²) in [6.07, 6.45) is 1.75. The van der Waals surface area contributed by atoms with Crippen molar-refractivity contribution < 1.29 is 19.5 Å². The predicted molar refractivity (Wildman–Crippen MR) is 148 cm³/mol. The summed E-state index contributed by atoms with van der Waals surface area (Å²) in [6.45, 7) is 6.35. The monoisotopic (exact) mass is 524 g/mol. The molecule has 3 amide bonds. The third-order valence-corrected chi connectivity index (χ3v) is 6.13. The number of primary amides is 1. The van der Waals surface area contributed by atoms with Crippen LogP contribution in [0.15, 0.2) is 53.5 Å². The number of aromatic hydroxyl groups is 1. The van der Waals surface area contributed by atoms with Crippen molar-refractivity contribution in [3.63, 3.8) is 0 Å². The molecule has 0 bridgehead atoms. The lowest BCUT2D eigenvalue weighted by atomic mass is 9.95. The molecule has 0 aliphatic rings. The van der Waals surface area contributed by atoms with E-state index in [0.717, 1.165) is 17.5 Å². The molecular formula is C28H40N6O4. The molecule has 0 spiro atoms. The average Bonchev–Trinajstić information content (AvgIpc) is 2.85. The summed E-state index contributed by atoms with van der Waals surface area (Å²) >= 11 is 0. The molecular weight excluding hydrogens is 484 g/mol. The van der Waals surface area contributed by atoms with E-state index in [2.05, 4.69) is 29.5 Å². The van der Waals surface area contributed by atoms with Crippen LogP contribution in [-0.2, 0) is 27.2 Å². The summed E-state index contributed by atoms with van der Waals surface area (Å²) in [6, 6.07) is 12.3. The van der Waals surface area contributed by atoms with Crippen molar-refractivity contribution in [3.8, 4) is 5.75 Å². The first-order valence-electron chi connectivity index (χ1n) is 12.8. The van der Waals surface area contributed by atoms with E-state index in [4.69, 9.17) is 17.2 Å². The standard InChI is InChI=1S/C28H40N6O4/c1-17(2)15-19-6-10-21(11-7-19)18(3)26(37)34-24(16-20-8-12-22(35)13-9-20)27(38)33-23(25(29)36)5-4-14-32-28(30)31/h6-13,17-18,23-24,35H,4-5,14-16H2,1-3H3,(H2,29,36)(H,33,38)(H,34,37)(H4,30,31,32)/t18?,23-,24-/m0/s1. The number of rotatable bonds is 14. The first-order chi connectivity index (χ1) is 18.0. The van der Waals surface area contributed by atoms with Crippen molar-refractivity contribution in [3.05, 3.63) is 65.2 Å². The molecule has 0 fully saturated rings. The maximum absolute atomic E-state index is 13.3. The molecule has 2 aromatic carbocycles. The summed E-state index contributed by atoms with van der Waals surface area (Å²) in [7, 11) is 0. The Labute approximate surface area is 224 Å². The van der Waals surface area contributed by atoms with Gasteiger partial charge in [-0.05, 0) is 60.9 Å². The first-order valence-corrected chi connectivity index (χ1v) is 12.8. The number of hydrogen-bond donors (Lipinski definition) is 6. The number of nitrogens with two attached hydrogens (primary N) is 3. The highest BCUT2D eigenvalue weighted by molar-refractivity contribution is 5.93. The lowest BCUT2D eigenvalue weighted by molar-refractivity contribution is -0.131. The van der Waals surface area contributed by atoms with Gasteiger partial charge in [-0.3, -0.25) is 19.4 Å². The summed E-state index contributed by atoms with van der Waals surface area (Å²) < 4.78 is 0. The zero-order valence-electron chi connectivity index (χ0n) is 22.3. The minimum absolute atomic E-state index is 0.0648. The quantitative estimate of drug-likeness (QED) is 0.123. The minimum Gasteiger partial charge on any atom is -0.508 e. The third-order valence-electron chi connectivity index (χ3n) is 6.13. The van der Waals surface area contributed by atoms with Gasteiger partial charge >= 0.3 is 0 Å². The molecule has 0 saturated carbocycles. The highest BCUT2D eigenvalue weighted by Crippen LogP contribution is 2.19. The molecule has 0 aromatic heterocycles. The van der Waals surface area contributed by atoms with Crippen molar-refractivity contribution in [1.82, 2.24) is 10.6 Å². The summed E-state index contributed by atoms with van der Waals surface area (Å²) in [4.78, 5) is 42.3. The normalized spacial score (nSPS) is 13.3. The Bertz CT molecular complexity index is 1100. The maximum atomic E-state index is 13.3. The van der Waals surface area contributed by atoms with E-state index in [9.17, 15) is 19.5 Å². The second-order valence-corrected chi connectivity index (χ2v) is 9.91. The molecule has 0 radical (unpaired) electrons. The van der Waals surface area contributed by atoms with Gasteiger partial charge in [-0.1, -0.05) is 50.2 Å². The van der Waals surface area contributed by atoms with E-state index < -0.39 is 29.8 Å². The van der Waals surface area contributed by atoms with Crippen LogP contribution in [0.1, 0.15) is 56.2 Å². The number of carbonyl (C=O) groups is 3. The number of aliphatic imine (C=N–C) groups is 1. The van der Waals surface area contributed by atoms with Crippen molar-refractivity contribution in [2.45, 2.75) is 64.5 Å². The number of guanidine groups is 1. The van der Waals surface area contributed by atoms with Gasteiger partial charge in [0, 0.05) is 13.0 Å². The SMILES string of the molecule is CC(C)Cc1ccc(C(C)C(=O)N[C@@H](Cc2ccc(O)cc2)C(=O)N[C@@H](CCCN=C(N)N)C(N)=O)cc1. The van der Waals surface area contributed by atoms with E-state index in [1.54, 1.807) is 19.1 Å². The Morgan fingerprint density at radius 2 is 1.37 bits per heavy atom. The van der Waals surface area contributed by atoms with Crippen LogP contribution in [0, 0.1) is 5.92 Å². The molecule has 0 saturated heterocycles. The van der Waals surface area contributed by atoms with E-state index >= 15 is 0 Å². The second kappa shape index (κ2) is 14.6. The van der Waals surface area contributed by atoms with E-state index in [-0.39, 0.29) is 37.0 Å². The van der Waals surface area contributed by atoms with Crippen molar-refractivity contribution in [1.29, 1.82) is 0 Å². The predicted octanol–water partition coefficient (Wildman–Crippen LogP) is 1.45.